The molecule has 1 saturated heterocycles. The average molecular weight is 209 g/mol. The molecule has 0 radical (unpaired) electrons. The Balaban J connectivity index is 2.21. The fraction of sp³-hybridized carbons (Fsp3) is 0.917. The fourth-order valence-corrected chi connectivity index (χ4v) is 2.31. The van der Waals surface area contributed by atoms with Crippen LogP contribution >= 0.6 is 0 Å². The van der Waals surface area contributed by atoms with Crippen LogP contribution in [0.5, 0.6) is 0 Å². The monoisotopic (exact) mass is 209 g/mol. The van der Waals surface area contributed by atoms with E-state index in [1.165, 1.54) is 38.9 Å². The smallest absolute Gasteiger partial charge is 0.0635 e. The van der Waals surface area contributed by atoms with E-state index in [4.69, 9.17) is 5.26 Å². The van der Waals surface area contributed by atoms with Crippen molar-refractivity contribution in [3.8, 4) is 6.07 Å². The maximum absolute atomic E-state index is 8.54. The van der Waals surface area contributed by atoms with Gasteiger partial charge in [0.15, 0.2) is 0 Å². The molecule has 0 aromatic carbocycles. The van der Waals surface area contributed by atoms with Crippen molar-refractivity contribution in [3.63, 3.8) is 0 Å². The quantitative estimate of drug-likeness (QED) is 0.690. The van der Waals surface area contributed by atoms with Crippen LogP contribution in [0.2, 0.25) is 0 Å². The van der Waals surface area contributed by atoms with Crippen molar-refractivity contribution in [2.75, 3.05) is 33.2 Å². The van der Waals surface area contributed by atoms with Crippen LogP contribution in [0.3, 0.4) is 0 Å². The molecule has 86 valence electrons. The van der Waals surface area contributed by atoms with Gasteiger partial charge >= 0.3 is 0 Å². The second kappa shape index (κ2) is 6.81. The Kier molecular flexibility index (Phi) is 5.67. The Hall–Kier alpha value is -0.590. The first kappa shape index (κ1) is 12.5. The SMILES string of the molecule is CCCN1CCC(N(C)CCC#N)CC1. The van der Waals surface area contributed by atoms with Gasteiger partial charge in [0, 0.05) is 19.0 Å². The van der Waals surface area contributed by atoms with Crippen molar-refractivity contribution in [1.29, 1.82) is 5.26 Å². The molecule has 0 aliphatic carbocycles. The van der Waals surface area contributed by atoms with Gasteiger partial charge in [0.25, 0.3) is 0 Å². The highest BCUT2D eigenvalue weighted by Gasteiger charge is 2.21. The molecule has 15 heavy (non-hydrogen) atoms. The summed E-state index contributed by atoms with van der Waals surface area (Å²) >= 11 is 0. The predicted molar refractivity (Wildman–Crippen MR) is 62.6 cm³/mol. The van der Waals surface area contributed by atoms with E-state index < -0.39 is 0 Å². The Labute approximate surface area is 93.7 Å². The summed E-state index contributed by atoms with van der Waals surface area (Å²) in [6, 6.07) is 2.92. The molecule has 0 aromatic heterocycles. The Bertz CT molecular complexity index is 201. The van der Waals surface area contributed by atoms with Crippen LogP contribution in [0.15, 0.2) is 0 Å². The minimum atomic E-state index is 0.658. The van der Waals surface area contributed by atoms with E-state index in [-0.39, 0.29) is 0 Å². The first-order chi connectivity index (χ1) is 7.27. The Morgan fingerprint density at radius 2 is 2.07 bits per heavy atom. The Morgan fingerprint density at radius 3 is 2.60 bits per heavy atom. The second-order valence-corrected chi connectivity index (χ2v) is 4.46. The number of hydrogen-bond donors (Lipinski definition) is 0. The summed E-state index contributed by atoms with van der Waals surface area (Å²) in [5.41, 5.74) is 0. The van der Waals surface area contributed by atoms with Crippen LogP contribution < -0.4 is 0 Å². The van der Waals surface area contributed by atoms with E-state index >= 15 is 0 Å². The zero-order chi connectivity index (χ0) is 11.1. The van der Waals surface area contributed by atoms with Crippen LogP contribution in [0.1, 0.15) is 32.6 Å². The van der Waals surface area contributed by atoms with Gasteiger partial charge in [-0.1, -0.05) is 6.92 Å². The van der Waals surface area contributed by atoms with Crippen LogP contribution in [0, 0.1) is 11.3 Å². The van der Waals surface area contributed by atoms with Crippen LogP contribution in [-0.4, -0.2) is 49.1 Å². The van der Waals surface area contributed by atoms with E-state index in [1.54, 1.807) is 0 Å². The topological polar surface area (TPSA) is 30.3 Å². The third-order valence-corrected chi connectivity index (χ3v) is 3.30. The first-order valence-electron chi connectivity index (χ1n) is 6.07. The van der Waals surface area contributed by atoms with Crippen molar-refractivity contribution in [3.05, 3.63) is 0 Å². The summed E-state index contributed by atoms with van der Waals surface area (Å²) in [7, 11) is 2.15. The highest BCUT2D eigenvalue weighted by molar-refractivity contribution is 4.80. The van der Waals surface area contributed by atoms with Gasteiger partial charge in [-0.25, -0.2) is 0 Å². The molecule has 3 heteroatoms. The van der Waals surface area contributed by atoms with Crippen LogP contribution in [0.25, 0.3) is 0 Å². The van der Waals surface area contributed by atoms with E-state index in [2.05, 4.69) is 29.8 Å². The van der Waals surface area contributed by atoms with Crippen molar-refractivity contribution >= 4 is 0 Å². The Morgan fingerprint density at radius 1 is 1.40 bits per heavy atom. The minimum absolute atomic E-state index is 0.658. The normalized spacial score (nSPS) is 19.3. The van der Waals surface area contributed by atoms with Gasteiger partial charge in [0.1, 0.15) is 0 Å². The van der Waals surface area contributed by atoms with Gasteiger partial charge in [0.2, 0.25) is 0 Å². The number of likely N-dealkylation sites (tertiary alicyclic amines) is 1. The van der Waals surface area contributed by atoms with Crippen molar-refractivity contribution in [2.24, 2.45) is 0 Å². The molecule has 1 heterocycles. The lowest BCUT2D eigenvalue weighted by molar-refractivity contribution is 0.129. The highest BCUT2D eigenvalue weighted by Crippen LogP contribution is 2.15. The third-order valence-electron chi connectivity index (χ3n) is 3.30. The van der Waals surface area contributed by atoms with Gasteiger partial charge in [-0.05, 0) is 45.9 Å². The zero-order valence-corrected chi connectivity index (χ0v) is 10.1. The molecular formula is C12H23N3. The molecule has 1 aliphatic rings. The molecule has 0 N–H and O–H groups in total. The number of nitriles is 1. The van der Waals surface area contributed by atoms with E-state index in [0.29, 0.717) is 12.5 Å². The average Bonchev–Trinajstić information content (AvgIpc) is 2.27. The molecule has 1 rings (SSSR count). The summed E-state index contributed by atoms with van der Waals surface area (Å²) in [5.74, 6) is 0. The lowest BCUT2D eigenvalue weighted by atomic mass is 10.0. The largest absolute Gasteiger partial charge is 0.303 e. The molecule has 0 saturated carbocycles. The molecule has 0 amide bonds. The molecule has 0 bridgehead atoms. The second-order valence-electron chi connectivity index (χ2n) is 4.46. The standard InChI is InChI=1S/C12H23N3/c1-3-8-15-10-5-12(6-11-15)14(2)9-4-7-13/h12H,3-6,8-11H2,1-2H3. The molecule has 0 spiro atoms. The molecule has 0 atom stereocenters. The molecule has 1 fully saturated rings. The summed E-state index contributed by atoms with van der Waals surface area (Å²) in [6.45, 7) is 6.87. The van der Waals surface area contributed by atoms with Crippen LogP contribution in [-0.2, 0) is 0 Å². The summed E-state index contributed by atoms with van der Waals surface area (Å²) in [5, 5.41) is 8.54. The molecule has 0 aromatic rings. The number of rotatable bonds is 5. The minimum Gasteiger partial charge on any atom is -0.303 e. The van der Waals surface area contributed by atoms with Crippen molar-refractivity contribution in [2.45, 2.75) is 38.6 Å². The molecule has 3 nitrogen and oxygen atoms in total. The molecular weight excluding hydrogens is 186 g/mol. The van der Waals surface area contributed by atoms with Gasteiger partial charge in [0.05, 0.1) is 6.07 Å². The summed E-state index contributed by atoms with van der Waals surface area (Å²) < 4.78 is 0. The first-order valence-corrected chi connectivity index (χ1v) is 6.07. The van der Waals surface area contributed by atoms with Crippen LogP contribution in [0.4, 0.5) is 0 Å². The number of hydrogen-bond acceptors (Lipinski definition) is 3. The van der Waals surface area contributed by atoms with Crippen molar-refractivity contribution in [1.82, 2.24) is 9.80 Å². The highest BCUT2D eigenvalue weighted by atomic mass is 15.2. The maximum atomic E-state index is 8.54. The maximum Gasteiger partial charge on any atom is 0.0635 e. The van der Waals surface area contributed by atoms with E-state index in [1.807, 2.05) is 0 Å². The van der Waals surface area contributed by atoms with E-state index in [9.17, 15) is 0 Å². The van der Waals surface area contributed by atoms with Crippen molar-refractivity contribution < 1.29 is 0 Å². The molecule has 1 aliphatic heterocycles. The number of piperidine rings is 1. The lowest BCUT2D eigenvalue weighted by Gasteiger charge is -2.36. The number of nitrogens with zero attached hydrogens (tertiary/aromatic N) is 3. The third kappa shape index (κ3) is 4.19. The summed E-state index contributed by atoms with van der Waals surface area (Å²) in [4.78, 5) is 4.90. The van der Waals surface area contributed by atoms with Gasteiger partial charge < -0.3 is 9.80 Å². The predicted octanol–water partition coefficient (Wildman–Crippen LogP) is 1.71. The van der Waals surface area contributed by atoms with Gasteiger partial charge in [-0.2, -0.15) is 5.26 Å². The fourth-order valence-electron chi connectivity index (χ4n) is 2.31. The zero-order valence-electron chi connectivity index (χ0n) is 10.1. The summed E-state index contributed by atoms with van der Waals surface area (Å²) in [6.07, 6.45) is 4.45. The molecule has 0 unspecified atom stereocenters. The van der Waals surface area contributed by atoms with Gasteiger partial charge in [-0.3, -0.25) is 0 Å². The lowest BCUT2D eigenvalue weighted by Crippen LogP contribution is -2.43. The van der Waals surface area contributed by atoms with Gasteiger partial charge in [-0.15, -0.1) is 0 Å². The van der Waals surface area contributed by atoms with E-state index in [0.717, 1.165) is 6.54 Å².